The molecule has 1 aliphatic carbocycles. The molecular weight excluding hydrogens is 250 g/mol. The van der Waals surface area contributed by atoms with E-state index in [1.807, 2.05) is 0 Å². The first-order valence-electron chi connectivity index (χ1n) is 8.83. The van der Waals surface area contributed by atoms with Gasteiger partial charge < -0.3 is 14.8 Å². The van der Waals surface area contributed by atoms with E-state index in [0.717, 1.165) is 19.1 Å². The molecule has 2 aliphatic heterocycles. The van der Waals surface area contributed by atoms with E-state index in [1.54, 1.807) is 0 Å². The van der Waals surface area contributed by atoms with Crippen LogP contribution in [0.2, 0.25) is 0 Å². The maximum Gasteiger partial charge on any atom is 0.0817 e. The molecule has 1 spiro atoms. The molecule has 0 amide bonds. The van der Waals surface area contributed by atoms with Crippen molar-refractivity contribution in [2.45, 2.75) is 75.9 Å². The zero-order chi connectivity index (χ0) is 13.7. The molecular formula is C17H31NO2. The highest BCUT2D eigenvalue weighted by atomic mass is 16.6. The van der Waals surface area contributed by atoms with Gasteiger partial charge in [0.25, 0.3) is 0 Å². The van der Waals surface area contributed by atoms with Gasteiger partial charge in [-0.05, 0) is 64.0 Å². The molecule has 0 aromatic rings. The van der Waals surface area contributed by atoms with Crippen LogP contribution >= 0.6 is 0 Å². The highest BCUT2D eigenvalue weighted by Gasteiger charge is 2.40. The Bertz CT molecular complexity index is 283. The van der Waals surface area contributed by atoms with Gasteiger partial charge in [0.1, 0.15) is 0 Å². The minimum Gasteiger partial charge on any atom is -0.379 e. The minimum atomic E-state index is 0.250. The van der Waals surface area contributed by atoms with Crippen LogP contribution in [0.15, 0.2) is 0 Å². The molecule has 3 nitrogen and oxygen atoms in total. The van der Waals surface area contributed by atoms with E-state index in [2.05, 4.69) is 5.32 Å². The summed E-state index contributed by atoms with van der Waals surface area (Å²) in [6.07, 6.45) is 13.5. The zero-order valence-corrected chi connectivity index (χ0v) is 12.9. The van der Waals surface area contributed by atoms with Crippen LogP contribution in [0.5, 0.6) is 0 Å². The van der Waals surface area contributed by atoms with Crippen LogP contribution in [0.1, 0.15) is 64.2 Å². The number of piperidine rings is 1. The number of hydrogen-bond acceptors (Lipinski definition) is 3. The van der Waals surface area contributed by atoms with Crippen molar-refractivity contribution in [2.75, 3.05) is 26.3 Å². The summed E-state index contributed by atoms with van der Waals surface area (Å²) < 4.78 is 12.2. The van der Waals surface area contributed by atoms with Crippen LogP contribution in [-0.4, -0.2) is 38.0 Å². The van der Waals surface area contributed by atoms with Crippen LogP contribution in [0.25, 0.3) is 0 Å². The first-order chi connectivity index (χ1) is 9.86. The quantitative estimate of drug-likeness (QED) is 0.785. The van der Waals surface area contributed by atoms with Crippen molar-refractivity contribution in [1.29, 1.82) is 0 Å². The third kappa shape index (κ3) is 3.96. The lowest BCUT2D eigenvalue weighted by Gasteiger charge is -2.33. The van der Waals surface area contributed by atoms with Gasteiger partial charge in [0.05, 0.1) is 18.3 Å². The molecule has 2 unspecified atom stereocenters. The summed E-state index contributed by atoms with van der Waals surface area (Å²) >= 11 is 0. The summed E-state index contributed by atoms with van der Waals surface area (Å²) in [6.45, 7) is 4.13. The molecule has 20 heavy (non-hydrogen) atoms. The van der Waals surface area contributed by atoms with Crippen LogP contribution in [0.4, 0.5) is 0 Å². The van der Waals surface area contributed by atoms with Crippen molar-refractivity contribution >= 4 is 0 Å². The van der Waals surface area contributed by atoms with Crippen LogP contribution in [-0.2, 0) is 9.47 Å². The predicted molar refractivity (Wildman–Crippen MR) is 81.0 cm³/mol. The van der Waals surface area contributed by atoms with E-state index in [9.17, 15) is 0 Å². The lowest BCUT2D eigenvalue weighted by Crippen LogP contribution is -2.33. The molecule has 0 aromatic carbocycles. The Hall–Kier alpha value is -0.120. The van der Waals surface area contributed by atoms with E-state index in [-0.39, 0.29) is 5.60 Å². The number of nitrogens with one attached hydrogen (secondary N) is 1. The van der Waals surface area contributed by atoms with Gasteiger partial charge in [0.2, 0.25) is 0 Å². The third-order valence-corrected chi connectivity index (χ3v) is 5.48. The van der Waals surface area contributed by atoms with Gasteiger partial charge in [0.15, 0.2) is 0 Å². The van der Waals surface area contributed by atoms with Gasteiger partial charge >= 0.3 is 0 Å². The fourth-order valence-corrected chi connectivity index (χ4v) is 4.21. The molecule has 0 bridgehead atoms. The minimum absolute atomic E-state index is 0.250. The summed E-state index contributed by atoms with van der Waals surface area (Å²) in [7, 11) is 0. The Balaban J connectivity index is 1.29. The number of ether oxygens (including phenoxy) is 2. The normalized spacial score (nSPS) is 33.6. The van der Waals surface area contributed by atoms with Crippen molar-refractivity contribution in [2.24, 2.45) is 5.92 Å². The lowest BCUT2D eigenvalue weighted by atomic mass is 9.83. The van der Waals surface area contributed by atoms with Crippen molar-refractivity contribution in [3.63, 3.8) is 0 Å². The Kier molecular flexibility index (Phi) is 5.36. The average molecular weight is 281 g/mol. The second-order valence-corrected chi connectivity index (χ2v) is 7.10. The predicted octanol–water partition coefficient (Wildman–Crippen LogP) is 3.27. The van der Waals surface area contributed by atoms with Gasteiger partial charge in [-0.15, -0.1) is 0 Å². The molecule has 0 aromatic heterocycles. The second kappa shape index (κ2) is 7.24. The Labute approximate surface area is 123 Å². The Morgan fingerprint density at radius 1 is 1.05 bits per heavy atom. The van der Waals surface area contributed by atoms with Gasteiger partial charge in [-0.1, -0.05) is 19.3 Å². The number of rotatable bonds is 5. The highest BCUT2D eigenvalue weighted by Crippen LogP contribution is 2.41. The van der Waals surface area contributed by atoms with Crippen molar-refractivity contribution < 1.29 is 9.47 Å². The monoisotopic (exact) mass is 281 g/mol. The second-order valence-electron chi connectivity index (χ2n) is 7.10. The molecule has 1 saturated carbocycles. The van der Waals surface area contributed by atoms with Crippen molar-refractivity contribution in [1.82, 2.24) is 5.32 Å². The van der Waals surface area contributed by atoms with Gasteiger partial charge in [-0.3, -0.25) is 0 Å². The molecule has 116 valence electrons. The largest absolute Gasteiger partial charge is 0.379 e. The SMILES string of the molecule is C1CCC2(CC1)CCC(COCCC1CCCNC1)O2. The summed E-state index contributed by atoms with van der Waals surface area (Å²) in [5.74, 6) is 0.831. The van der Waals surface area contributed by atoms with Gasteiger partial charge in [-0.2, -0.15) is 0 Å². The first-order valence-corrected chi connectivity index (χ1v) is 8.83. The third-order valence-electron chi connectivity index (χ3n) is 5.48. The molecule has 3 fully saturated rings. The maximum atomic E-state index is 6.34. The Morgan fingerprint density at radius 3 is 2.75 bits per heavy atom. The van der Waals surface area contributed by atoms with E-state index in [4.69, 9.17) is 9.47 Å². The summed E-state index contributed by atoms with van der Waals surface area (Å²) in [6, 6.07) is 0. The van der Waals surface area contributed by atoms with Crippen molar-refractivity contribution in [3.05, 3.63) is 0 Å². The maximum absolute atomic E-state index is 6.34. The molecule has 2 atom stereocenters. The average Bonchev–Trinajstić information content (AvgIpc) is 2.88. The van der Waals surface area contributed by atoms with E-state index >= 15 is 0 Å². The topological polar surface area (TPSA) is 30.5 Å². The fraction of sp³-hybridized carbons (Fsp3) is 1.00. The van der Waals surface area contributed by atoms with E-state index in [0.29, 0.717) is 6.10 Å². The van der Waals surface area contributed by atoms with Crippen LogP contribution in [0, 0.1) is 5.92 Å². The Morgan fingerprint density at radius 2 is 1.95 bits per heavy atom. The fourth-order valence-electron chi connectivity index (χ4n) is 4.21. The molecule has 1 N–H and O–H groups in total. The molecule has 0 radical (unpaired) electrons. The zero-order valence-electron chi connectivity index (χ0n) is 12.9. The lowest BCUT2D eigenvalue weighted by molar-refractivity contribution is -0.0887. The number of hydrogen-bond donors (Lipinski definition) is 1. The summed E-state index contributed by atoms with van der Waals surface area (Å²) in [4.78, 5) is 0. The standard InChI is InChI=1S/C17H31NO2/c1-2-8-17(9-3-1)10-6-16(20-17)14-19-12-7-15-5-4-11-18-13-15/h15-16,18H,1-14H2. The van der Waals surface area contributed by atoms with Crippen LogP contribution < -0.4 is 5.32 Å². The highest BCUT2D eigenvalue weighted by molar-refractivity contribution is 4.91. The summed E-state index contributed by atoms with van der Waals surface area (Å²) in [5.41, 5.74) is 0.250. The van der Waals surface area contributed by atoms with Gasteiger partial charge in [0, 0.05) is 6.61 Å². The van der Waals surface area contributed by atoms with E-state index in [1.165, 1.54) is 77.3 Å². The molecule has 3 aliphatic rings. The first kappa shape index (κ1) is 14.8. The molecule has 2 saturated heterocycles. The van der Waals surface area contributed by atoms with Gasteiger partial charge in [-0.25, -0.2) is 0 Å². The van der Waals surface area contributed by atoms with Crippen LogP contribution in [0.3, 0.4) is 0 Å². The molecule has 2 heterocycles. The summed E-state index contributed by atoms with van der Waals surface area (Å²) in [5, 5.41) is 3.48. The van der Waals surface area contributed by atoms with E-state index < -0.39 is 0 Å². The molecule has 3 rings (SSSR count). The smallest absolute Gasteiger partial charge is 0.0817 e. The van der Waals surface area contributed by atoms with Crippen molar-refractivity contribution in [3.8, 4) is 0 Å². The molecule has 3 heteroatoms.